The van der Waals surface area contributed by atoms with Gasteiger partial charge in [-0.15, -0.1) is 0 Å². The summed E-state index contributed by atoms with van der Waals surface area (Å²) in [6, 6.07) is 11.1. The van der Waals surface area contributed by atoms with Crippen LogP contribution in [0.25, 0.3) is 0 Å². The van der Waals surface area contributed by atoms with Gasteiger partial charge in [-0.2, -0.15) is 13.2 Å². The summed E-state index contributed by atoms with van der Waals surface area (Å²) in [4.78, 5) is 15.2. The summed E-state index contributed by atoms with van der Waals surface area (Å²) in [7, 11) is 0. The Balaban J connectivity index is 1.56. The Morgan fingerprint density at radius 3 is 2.19 bits per heavy atom. The molecule has 0 aliphatic carbocycles. The van der Waals surface area contributed by atoms with E-state index in [4.69, 9.17) is 0 Å². The molecule has 1 fully saturated rings. The van der Waals surface area contributed by atoms with E-state index in [1.54, 1.807) is 11.0 Å². The Morgan fingerprint density at radius 1 is 1.00 bits per heavy atom. The van der Waals surface area contributed by atoms with Gasteiger partial charge in [-0.05, 0) is 24.3 Å². The number of hydrogen-bond donors (Lipinski definition) is 1. The summed E-state index contributed by atoms with van der Waals surface area (Å²) in [5, 5.41) is 0. The lowest BCUT2D eigenvalue weighted by Gasteiger charge is -2.32. The van der Waals surface area contributed by atoms with E-state index >= 15 is 0 Å². The second-order valence-corrected chi connectivity index (χ2v) is 6.39. The minimum absolute atomic E-state index is 0.0682. The minimum atomic E-state index is -4.33. The molecule has 0 spiro atoms. The predicted molar refractivity (Wildman–Crippen MR) is 88.1 cm³/mol. The van der Waals surface area contributed by atoms with Crippen molar-refractivity contribution in [3.05, 3.63) is 71.0 Å². The SMILES string of the molecule is O=C(c1ccccc1F)N1CC[NH+](Cc2ccc(C(F)(F)F)cc2)CC1. The normalized spacial score (nSPS) is 15.9. The summed E-state index contributed by atoms with van der Waals surface area (Å²) in [6.45, 7) is 2.91. The van der Waals surface area contributed by atoms with E-state index < -0.39 is 17.6 Å². The number of carbonyl (C=O) groups is 1. The number of amides is 1. The lowest BCUT2D eigenvalue weighted by molar-refractivity contribution is -0.917. The number of quaternary nitrogens is 1. The average molecular weight is 367 g/mol. The van der Waals surface area contributed by atoms with Gasteiger partial charge < -0.3 is 9.80 Å². The van der Waals surface area contributed by atoms with Gasteiger partial charge in [0, 0.05) is 5.56 Å². The Bertz CT molecular complexity index is 766. The van der Waals surface area contributed by atoms with Crippen molar-refractivity contribution in [2.75, 3.05) is 26.2 Å². The van der Waals surface area contributed by atoms with Crippen LogP contribution < -0.4 is 4.90 Å². The van der Waals surface area contributed by atoms with Crippen molar-refractivity contribution in [2.45, 2.75) is 12.7 Å². The van der Waals surface area contributed by atoms with E-state index in [-0.39, 0.29) is 11.5 Å². The highest BCUT2D eigenvalue weighted by Crippen LogP contribution is 2.28. The first kappa shape index (κ1) is 18.4. The van der Waals surface area contributed by atoms with Crippen molar-refractivity contribution in [1.82, 2.24) is 4.90 Å². The number of nitrogens with one attached hydrogen (secondary N) is 1. The lowest BCUT2D eigenvalue weighted by Crippen LogP contribution is -3.13. The van der Waals surface area contributed by atoms with Crippen LogP contribution in [0, 0.1) is 5.82 Å². The van der Waals surface area contributed by atoms with Gasteiger partial charge in [0.15, 0.2) is 0 Å². The van der Waals surface area contributed by atoms with E-state index in [0.717, 1.165) is 17.7 Å². The molecule has 0 saturated carbocycles. The number of halogens is 4. The summed E-state index contributed by atoms with van der Waals surface area (Å²) in [6.07, 6.45) is -4.33. The first-order valence-corrected chi connectivity index (χ1v) is 8.38. The molecule has 26 heavy (non-hydrogen) atoms. The molecule has 0 aromatic heterocycles. The number of alkyl halides is 3. The molecule has 138 valence electrons. The molecule has 0 atom stereocenters. The highest BCUT2D eigenvalue weighted by molar-refractivity contribution is 5.94. The first-order valence-electron chi connectivity index (χ1n) is 8.38. The van der Waals surface area contributed by atoms with Crippen LogP contribution in [0.1, 0.15) is 21.5 Å². The molecule has 0 bridgehead atoms. The van der Waals surface area contributed by atoms with Crippen LogP contribution in [0.2, 0.25) is 0 Å². The van der Waals surface area contributed by atoms with E-state index in [9.17, 15) is 22.4 Å². The van der Waals surface area contributed by atoms with Gasteiger partial charge in [0.1, 0.15) is 12.4 Å². The largest absolute Gasteiger partial charge is 0.416 e. The van der Waals surface area contributed by atoms with E-state index in [1.165, 1.54) is 35.2 Å². The van der Waals surface area contributed by atoms with E-state index in [2.05, 4.69) is 0 Å². The fraction of sp³-hybridized carbons (Fsp3) is 0.316. The number of hydrogen-bond acceptors (Lipinski definition) is 1. The fourth-order valence-corrected chi connectivity index (χ4v) is 3.11. The Labute approximate surface area is 148 Å². The molecule has 7 heteroatoms. The molecule has 1 saturated heterocycles. The predicted octanol–water partition coefficient (Wildman–Crippen LogP) is 2.39. The van der Waals surface area contributed by atoms with Crippen LogP contribution >= 0.6 is 0 Å². The van der Waals surface area contributed by atoms with Gasteiger partial charge in [-0.25, -0.2) is 4.39 Å². The van der Waals surface area contributed by atoms with Gasteiger partial charge in [0.05, 0.1) is 37.3 Å². The smallest absolute Gasteiger partial charge is 0.328 e. The maximum absolute atomic E-state index is 13.7. The zero-order valence-corrected chi connectivity index (χ0v) is 14.0. The molecular weight excluding hydrogens is 348 g/mol. The standard InChI is InChI=1S/C19H18F4N2O/c20-17-4-2-1-3-16(17)18(26)25-11-9-24(10-12-25)13-14-5-7-15(8-6-14)19(21,22)23/h1-8H,9-13H2/p+1. The molecule has 1 aliphatic rings. The molecule has 2 aromatic rings. The third kappa shape index (κ3) is 4.22. The molecule has 1 heterocycles. The van der Waals surface area contributed by atoms with Crippen LogP contribution in [0.5, 0.6) is 0 Å². The number of carbonyl (C=O) groups excluding carboxylic acids is 1. The van der Waals surface area contributed by atoms with Crippen molar-refractivity contribution in [2.24, 2.45) is 0 Å². The lowest BCUT2D eigenvalue weighted by atomic mass is 10.1. The van der Waals surface area contributed by atoms with Crippen LogP contribution in [0.3, 0.4) is 0 Å². The topological polar surface area (TPSA) is 24.8 Å². The van der Waals surface area contributed by atoms with E-state index in [1.807, 2.05) is 0 Å². The first-order chi connectivity index (χ1) is 12.3. The molecule has 3 rings (SSSR count). The molecule has 3 nitrogen and oxygen atoms in total. The van der Waals surface area contributed by atoms with Gasteiger partial charge in [-0.1, -0.05) is 24.3 Å². The minimum Gasteiger partial charge on any atom is -0.328 e. The third-order valence-electron chi connectivity index (χ3n) is 4.60. The van der Waals surface area contributed by atoms with Crippen LogP contribution in [0.15, 0.2) is 48.5 Å². The Hall–Kier alpha value is -2.41. The molecule has 0 unspecified atom stereocenters. The molecule has 1 N–H and O–H groups in total. The van der Waals surface area contributed by atoms with Gasteiger partial charge in [0.25, 0.3) is 5.91 Å². The van der Waals surface area contributed by atoms with Crippen molar-refractivity contribution in [3.63, 3.8) is 0 Å². The summed E-state index contributed by atoms with van der Waals surface area (Å²) < 4.78 is 51.5. The van der Waals surface area contributed by atoms with Crippen molar-refractivity contribution in [1.29, 1.82) is 0 Å². The number of piperazine rings is 1. The maximum Gasteiger partial charge on any atom is 0.416 e. The zero-order valence-electron chi connectivity index (χ0n) is 14.0. The number of benzene rings is 2. The number of nitrogens with zero attached hydrogens (tertiary/aromatic N) is 1. The highest BCUT2D eigenvalue weighted by atomic mass is 19.4. The van der Waals surface area contributed by atoms with Crippen molar-refractivity contribution in [3.8, 4) is 0 Å². The van der Waals surface area contributed by atoms with Crippen molar-refractivity contribution >= 4 is 5.91 Å². The Kier molecular flexibility index (Phi) is 5.27. The molecule has 1 amide bonds. The summed E-state index contributed by atoms with van der Waals surface area (Å²) >= 11 is 0. The zero-order chi connectivity index (χ0) is 18.7. The second-order valence-electron chi connectivity index (χ2n) is 6.39. The highest BCUT2D eigenvalue weighted by Gasteiger charge is 2.30. The van der Waals surface area contributed by atoms with Gasteiger partial charge in [-0.3, -0.25) is 4.79 Å². The van der Waals surface area contributed by atoms with Gasteiger partial charge in [0.2, 0.25) is 0 Å². The molecule has 2 aromatic carbocycles. The average Bonchev–Trinajstić information content (AvgIpc) is 2.62. The summed E-state index contributed by atoms with van der Waals surface area (Å²) in [5.74, 6) is -0.853. The van der Waals surface area contributed by atoms with Crippen LogP contribution in [-0.4, -0.2) is 37.0 Å². The molecule has 1 aliphatic heterocycles. The molecule has 0 radical (unpaired) electrons. The molecular formula is C19H19F4N2O+. The quantitative estimate of drug-likeness (QED) is 0.828. The second kappa shape index (κ2) is 7.45. The van der Waals surface area contributed by atoms with E-state index in [0.29, 0.717) is 32.7 Å². The monoisotopic (exact) mass is 367 g/mol. The fourth-order valence-electron chi connectivity index (χ4n) is 3.11. The van der Waals surface area contributed by atoms with Crippen LogP contribution in [0.4, 0.5) is 17.6 Å². The van der Waals surface area contributed by atoms with Crippen LogP contribution in [-0.2, 0) is 12.7 Å². The van der Waals surface area contributed by atoms with Crippen molar-refractivity contribution < 1.29 is 27.3 Å². The Morgan fingerprint density at radius 2 is 1.62 bits per heavy atom. The maximum atomic E-state index is 13.7. The third-order valence-corrected chi connectivity index (χ3v) is 4.60. The number of rotatable bonds is 3. The summed E-state index contributed by atoms with van der Waals surface area (Å²) in [5.41, 5.74) is 0.233. The van der Waals surface area contributed by atoms with Gasteiger partial charge >= 0.3 is 6.18 Å².